The molecule has 0 aromatic heterocycles. The van der Waals surface area contributed by atoms with Crippen molar-refractivity contribution in [3.8, 4) is 0 Å². The van der Waals surface area contributed by atoms with Crippen molar-refractivity contribution in [2.24, 2.45) is 0 Å². The topological polar surface area (TPSA) is 81.7 Å². The maximum atomic E-state index is 12.5. The van der Waals surface area contributed by atoms with Crippen LogP contribution in [0.25, 0.3) is 0 Å². The number of ether oxygens (including phenoxy) is 2. The number of amides is 1. The van der Waals surface area contributed by atoms with E-state index in [1.807, 2.05) is 0 Å². The SMILES string of the molecule is CCOC(=O)C(CC)(NC(C)=O)C(=O)OC1CCCCC1. The molecular weight excluding hydrogens is 274 g/mol. The predicted molar refractivity (Wildman–Crippen MR) is 76.4 cm³/mol. The summed E-state index contributed by atoms with van der Waals surface area (Å²) >= 11 is 0. The van der Waals surface area contributed by atoms with E-state index in [0.29, 0.717) is 0 Å². The van der Waals surface area contributed by atoms with Crippen LogP contribution < -0.4 is 5.32 Å². The Morgan fingerprint density at radius 2 is 1.71 bits per heavy atom. The Balaban J connectivity index is 2.89. The molecule has 0 spiro atoms. The lowest BCUT2D eigenvalue weighted by molar-refractivity contribution is -0.172. The third kappa shape index (κ3) is 4.44. The van der Waals surface area contributed by atoms with Gasteiger partial charge < -0.3 is 14.8 Å². The van der Waals surface area contributed by atoms with E-state index in [9.17, 15) is 14.4 Å². The minimum Gasteiger partial charge on any atom is -0.464 e. The van der Waals surface area contributed by atoms with E-state index >= 15 is 0 Å². The highest BCUT2D eigenvalue weighted by Crippen LogP contribution is 2.24. The average Bonchev–Trinajstić information content (AvgIpc) is 2.45. The summed E-state index contributed by atoms with van der Waals surface area (Å²) in [4.78, 5) is 36.1. The summed E-state index contributed by atoms with van der Waals surface area (Å²) in [5.41, 5.74) is -1.74. The summed E-state index contributed by atoms with van der Waals surface area (Å²) in [7, 11) is 0. The Morgan fingerprint density at radius 1 is 1.10 bits per heavy atom. The van der Waals surface area contributed by atoms with E-state index in [1.54, 1.807) is 13.8 Å². The molecule has 1 atom stereocenters. The van der Waals surface area contributed by atoms with E-state index in [0.717, 1.165) is 32.1 Å². The zero-order chi connectivity index (χ0) is 15.9. The van der Waals surface area contributed by atoms with Crippen molar-refractivity contribution in [2.45, 2.75) is 70.9 Å². The Hall–Kier alpha value is -1.59. The van der Waals surface area contributed by atoms with Crippen molar-refractivity contribution >= 4 is 17.8 Å². The first-order valence-electron chi connectivity index (χ1n) is 7.63. The maximum Gasteiger partial charge on any atom is 0.343 e. The van der Waals surface area contributed by atoms with E-state index in [2.05, 4.69) is 5.32 Å². The third-order valence-electron chi connectivity index (χ3n) is 3.72. The van der Waals surface area contributed by atoms with Gasteiger partial charge in [0, 0.05) is 6.92 Å². The monoisotopic (exact) mass is 299 g/mol. The number of hydrogen-bond donors (Lipinski definition) is 1. The van der Waals surface area contributed by atoms with E-state index in [4.69, 9.17) is 9.47 Å². The first-order chi connectivity index (χ1) is 9.96. The summed E-state index contributed by atoms with van der Waals surface area (Å²) in [6, 6.07) is 0. The number of carbonyl (C=O) groups excluding carboxylic acids is 3. The number of hydrogen-bond acceptors (Lipinski definition) is 5. The van der Waals surface area contributed by atoms with Gasteiger partial charge in [0.15, 0.2) is 0 Å². The van der Waals surface area contributed by atoms with Crippen molar-refractivity contribution < 1.29 is 23.9 Å². The van der Waals surface area contributed by atoms with Gasteiger partial charge in [-0.15, -0.1) is 0 Å². The number of nitrogens with one attached hydrogen (secondary N) is 1. The van der Waals surface area contributed by atoms with Crippen LogP contribution in [0.4, 0.5) is 0 Å². The molecule has 0 aromatic rings. The van der Waals surface area contributed by atoms with E-state index in [-0.39, 0.29) is 19.1 Å². The molecule has 1 saturated carbocycles. The van der Waals surface area contributed by atoms with Gasteiger partial charge in [-0.25, -0.2) is 9.59 Å². The van der Waals surface area contributed by atoms with Gasteiger partial charge in [0.2, 0.25) is 11.4 Å². The average molecular weight is 299 g/mol. The van der Waals surface area contributed by atoms with Crippen molar-refractivity contribution in [1.29, 1.82) is 0 Å². The van der Waals surface area contributed by atoms with Gasteiger partial charge in [-0.05, 0) is 39.0 Å². The molecule has 6 heteroatoms. The quantitative estimate of drug-likeness (QED) is 0.596. The van der Waals surface area contributed by atoms with Gasteiger partial charge in [0.1, 0.15) is 6.10 Å². The molecule has 0 bridgehead atoms. The van der Waals surface area contributed by atoms with Gasteiger partial charge in [-0.2, -0.15) is 0 Å². The predicted octanol–water partition coefficient (Wildman–Crippen LogP) is 1.71. The molecule has 6 nitrogen and oxygen atoms in total. The van der Waals surface area contributed by atoms with E-state index in [1.165, 1.54) is 6.92 Å². The number of rotatable bonds is 6. The lowest BCUT2D eigenvalue weighted by Crippen LogP contribution is -2.61. The van der Waals surface area contributed by atoms with Crippen LogP contribution in [-0.4, -0.2) is 36.1 Å². The lowest BCUT2D eigenvalue weighted by Gasteiger charge is -2.31. The molecule has 0 aliphatic heterocycles. The summed E-state index contributed by atoms with van der Waals surface area (Å²) in [6.45, 7) is 4.70. The summed E-state index contributed by atoms with van der Waals surface area (Å²) in [6.07, 6.45) is 4.67. The Bertz CT molecular complexity index is 390. The van der Waals surface area contributed by atoms with Gasteiger partial charge in [-0.1, -0.05) is 13.3 Å². The lowest BCUT2D eigenvalue weighted by atomic mass is 9.94. The normalized spacial score (nSPS) is 18.4. The molecule has 0 heterocycles. The van der Waals surface area contributed by atoms with E-state index < -0.39 is 23.4 Å². The number of carbonyl (C=O) groups is 3. The second kappa shape index (κ2) is 8.00. The Morgan fingerprint density at radius 3 is 2.19 bits per heavy atom. The molecule has 1 amide bonds. The van der Waals surface area contributed by atoms with Gasteiger partial charge in [-0.3, -0.25) is 4.79 Å². The molecule has 120 valence electrons. The molecule has 1 rings (SSSR count). The highest BCUT2D eigenvalue weighted by molar-refractivity contribution is 6.07. The molecule has 1 N–H and O–H groups in total. The molecule has 1 aliphatic rings. The van der Waals surface area contributed by atoms with Crippen LogP contribution in [0.3, 0.4) is 0 Å². The van der Waals surface area contributed by atoms with Crippen molar-refractivity contribution in [2.75, 3.05) is 6.61 Å². The van der Waals surface area contributed by atoms with Crippen LogP contribution in [-0.2, 0) is 23.9 Å². The van der Waals surface area contributed by atoms with Gasteiger partial charge >= 0.3 is 11.9 Å². The first kappa shape index (κ1) is 17.5. The van der Waals surface area contributed by atoms with Crippen LogP contribution in [0.15, 0.2) is 0 Å². The van der Waals surface area contributed by atoms with Crippen molar-refractivity contribution in [1.82, 2.24) is 5.32 Å². The first-order valence-corrected chi connectivity index (χ1v) is 7.63. The third-order valence-corrected chi connectivity index (χ3v) is 3.72. The number of esters is 2. The van der Waals surface area contributed by atoms with Crippen LogP contribution in [0, 0.1) is 0 Å². The standard InChI is InChI=1S/C15H25NO5/c1-4-15(16-11(3)17,13(18)20-5-2)14(19)21-12-9-7-6-8-10-12/h12H,4-10H2,1-3H3,(H,16,17). The Labute approximate surface area is 125 Å². The molecule has 1 unspecified atom stereocenters. The van der Waals surface area contributed by atoms with Crippen LogP contribution >= 0.6 is 0 Å². The maximum absolute atomic E-state index is 12.5. The summed E-state index contributed by atoms with van der Waals surface area (Å²) < 4.78 is 10.4. The van der Waals surface area contributed by atoms with Gasteiger partial charge in [0.25, 0.3) is 0 Å². The molecule has 0 radical (unpaired) electrons. The van der Waals surface area contributed by atoms with Crippen molar-refractivity contribution in [3.05, 3.63) is 0 Å². The zero-order valence-corrected chi connectivity index (χ0v) is 13.1. The van der Waals surface area contributed by atoms with Gasteiger partial charge in [0.05, 0.1) is 6.61 Å². The fourth-order valence-corrected chi connectivity index (χ4v) is 2.55. The molecule has 0 aromatic carbocycles. The largest absolute Gasteiger partial charge is 0.464 e. The van der Waals surface area contributed by atoms with Crippen LogP contribution in [0.5, 0.6) is 0 Å². The smallest absolute Gasteiger partial charge is 0.343 e. The molecule has 0 saturated heterocycles. The Kier molecular flexibility index (Phi) is 6.65. The summed E-state index contributed by atoms with van der Waals surface area (Å²) in [5.74, 6) is -1.94. The minimum absolute atomic E-state index is 0.0942. The summed E-state index contributed by atoms with van der Waals surface area (Å²) in [5, 5.41) is 2.43. The second-order valence-corrected chi connectivity index (χ2v) is 5.33. The molecule has 1 fully saturated rings. The highest BCUT2D eigenvalue weighted by Gasteiger charge is 2.49. The fourth-order valence-electron chi connectivity index (χ4n) is 2.55. The zero-order valence-electron chi connectivity index (χ0n) is 13.1. The minimum atomic E-state index is -1.74. The van der Waals surface area contributed by atoms with Crippen molar-refractivity contribution in [3.63, 3.8) is 0 Å². The molecule has 21 heavy (non-hydrogen) atoms. The molecular formula is C15H25NO5. The van der Waals surface area contributed by atoms with Crippen LogP contribution in [0.1, 0.15) is 59.3 Å². The fraction of sp³-hybridized carbons (Fsp3) is 0.800. The van der Waals surface area contributed by atoms with Crippen LogP contribution in [0.2, 0.25) is 0 Å². The molecule has 1 aliphatic carbocycles. The second-order valence-electron chi connectivity index (χ2n) is 5.33. The highest BCUT2D eigenvalue weighted by atomic mass is 16.6.